The average Bonchev–Trinajstić information content (AvgIpc) is 3.62. The third-order valence-corrected chi connectivity index (χ3v) is 7.59. The van der Waals surface area contributed by atoms with E-state index in [1.54, 1.807) is 6.08 Å². The number of anilines is 1. The minimum absolute atomic E-state index is 0.119. The number of amides is 3. The molecule has 4 aromatic rings. The number of nitrogens with zero attached hydrogens (tertiary/aromatic N) is 5. The summed E-state index contributed by atoms with van der Waals surface area (Å²) in [4.78, 5) is 35.5. The number of ether oxygens (including phenoxy) is 1. The number of alkyl halides is 3. The second kappa shape index (κ2) is 13.4. The number of hydrogen-bond donors (Lipinski definition) is 1. The van der Waals surface area contributed by atoms with E-state index in [0.29, 0.717) is 16.7 Å². The number of aryl methyl sites for hydroxylation is 1. The fourth-order valence-corrected chi connectivity index (χ4v) is 5.45. The number of benzene rings is 3. The summed E-state index contributed by atoms with van der Waals surface area (Å²) in [6.45, 7) is 6.28. The number of urea groups is 1. The van der Waals surface area contributed by atoms with Crippen molar-refractivity contribution >= 4 is 40.6 Å². The highest BCUT2D eigenvalue weighted by Gasteiger charge is 2.33. The molecule has 232 valence electrons. The van der Waals surface area contributed by atoms with Gasteiger partial charge in [-0.3, -0.25) is 9.69 Å². The Morgan fingerprint density at radius 3 is 2.64 bits per heavy atom. The van der Waals surface area contributed by atoms with Crippen molar-refractivity contribution < 1.29 is 27.5 Å². The highest BCUT2D eigenvalue weighted by molar-refractivity contribution is 8.15. The SMILES string of the molecule is Cc1ccc(C(C)C)c(N2C(=O)CSC2=NC(=O)NC/C=C/c2cccc(-c3ncn(-c4ccc(OC(F)(F)F)cc4)n3)c2)c1. The Kier molecular flexibility index (Phi) is 9.37. The van der Waals surface area contributed by atoms with Crippen LogP contribution in [-0.2, 0) is 4.79 Å². The van der Waals surface area contributed by atoms with Crippen LogP contribution in [-0.4, -0.2) is 50.5 Å². The molecule has 0 aliphatic carbocycles. The van der Waals surface area contributed by atoms with Crippen LogP contribution in [0.4, 0.5) is 23.7 Å². The fourth-order valence-electron chi connectivity index (χ4n) is 4.59. The summed E-state index contributed by atoms with van der Waals surface area (Å²) in [6.07, 6.45) is 0.304. The van der Waals surface area contributed by atoms with Crippen LogP contribution >= 0.6 is 11.8 Å². The van der Waals surface area contributed by atoms with E-state index in [4.69, 9.17) is 0 Å². The molecule has 0 radical (unpaired) electrons. The molecule has 5 rings (SSSR count). The fraction of sp³-hybridized carbons (Fsp3) is 0.219. The molecule has 45 heavy (non-hydrogen) atoms. The third-order valence-electron chi connectivity index (χ3n) is 6.66. The van der Waals surface area contributed by atoms with E-state index in [1.807, 2.05) is 55.5 Å². The third kappa shape index (κ3) is 7.98. The lowest BCUT2D eigenvalue weighted by atomic mass is 9.99. The zero-order valence-electron chi connectivity index (χ0n) is 24.6. The van der Waals surface area contributed by atoms with Crippen molar-refractivity contribution in [3.8, 4) is 22.8 Å². The van der Waals surface area contributed by atoms with Crippen LogP contribution in [0.25, 0.3) is 23.2 Å². The van der Waals surface area contributed by atoms with Crippen LogP contribution in [0.5, 0.6) is 5.75 Å². The van der Waals surface area contributed by atoms with Gasteiger partial charge in [-0.25, -0.2) is 14.5 Å². The minimum Gasteiger partial charge on any atom is -0.406 e. The monoisotopic (exact) mass is 634 g/mol. The van der Waals surface area contributed by atoms with Crippen LogP contribution in [0.15, 0.2) is 84.1 Å². The topological polar surface area (TPSA) is 102 Å². The quantitative estimate of drug-likeness (QED) is 0.221. The summed E-state index contributed by atoms with van der Waals surface area (Å²) >= 11 is 1.23. The van der Waals surface area contributed by atoms with E-state index in [1.165, 1.54) is 51.9 Å². The molecule has 3 amide bonds. The molecule has 13 heteroatoms. The van der Waals surface area contributed by atoms with Gasteiger partial charge in [-0.2, -0.15) is 4.99 Å². The Labute approximate surface area is 261 Å². The first-order valence-corrected chi connectivity index (χ1v) is 14.9. The first-order chi connectivity index (χ1) is 21.5. The molecule has 1 fully saturated rings. The highest BCUT2D eigenvalue weighted by atomic mass is 32.2. The van der Waals surface area contributed by atoms with Gasteiger partial charge >= 0.3 is 12.4 Å². The van der Waals surface area contributed by atoms with Gasteiger partial charge in [0.25, 0.3) is 0 Å². The second-order valence-electron chi connectivity index (χ2n) is 10.4. The first kappa shape index (κ1) is 31.5. The number of amidine groups is 1. The maximum Gasteiger partial charge on any atom is 0.573 e. The second-order valence-corrected chi connectivity index (χ2v) is 11.3. The molecule has 1 aromatic heterocycles. The first-order valence-electron chi connectivity index (χ1n) is 13.9. The molecule has 1 N–H and O–H groups in total. The smallest absolute Gasteiger partial charge is 0.406 e. The molecule has 0 bridgehead atoms. The minimum atomic E-state index is -4.76. The summed E-state index contributed by atoms with van der Waals surface area (Å²) in [5, 5.41) is 7.52. The van der Waals surface area contributed by atoms with Gasteiger partial charge < -0.3 is 10.1 Å². The van der Waals surface area contributed by atoms with Gasteiger partial charge in [-0.1, -0.05) is 68.1 Å². The van der Waals surface area contributed by atoms with Crippen LogP contribution in [0, 0.1) is 6.92 Å². The molecule has 0 saturated carbocycles. The Balaban J connectivity index is 1.21. The lowest BCUT2D eigenvalue weighted by Gasteiger charge is -2.22. The summed E-state index contributed by atoms with van der Waals surface area (Å²) in [6, 6.07) is 18.1. The summed E-state index contributed by atoms with van der Waals surface area (Å²) in [5.74, 6) is 0.377. The van der Waals surface area contributed by atoms with Gasteiger partial charge in [-0.15, -0.1) is 18.3 Å². The van der Waals surface area contributed by atoms with Gasteiger partial charge in [-0.05, 0) is 65.9 Å². The molecule has 0 spiro atoms. The van der Waals surface area contributed by atoms with Crippen molar-refractivity contribution in [3.05, 3.63) is 95.8 Å². The number of carbonyl (C=O) groups excluding carboxylic acids is 2. The van der Waals surface area contributed by atoms with Crippen LogP contribution in [0.3, 0.4) is 0 Å². The van der Waals surface area contributed by atoms with E-state index in [0.717, 1.165) is 27.9 Å². The Hall–Kier alpha value is -4.91. The van der Waals surface area contributed by atoms with Crippen LogP contribution in [0.2, 0.25) is 0 Å². The van der Waals surface area contributed by atoms with Crippen molar-refractivity contribution in [1.29, 1.82) is 0 Å². The summed E-state index contributed by atoms with van der Waals surface area (Å²) in [7, 11) is 0. The van der Waals surface area contributed by atoms with E-state index in [-0.39, 0.29) is 29.9 Å². The zero-order chi connectivity index (χ0) is 32.1. The van der Waals surface area contributed by atoms with Gasteiger partial charge in [0.15, 0.2) is 11.0 Å². The number of carbonyl (C=O) groups is 2. The van der Waals surface area contributed by atoms with Crippen LogP contribution < -0.4 is 15.0 Å². The predicted octanol–water partition coefficient (Wildman–Crippen LogP) is 7.12. The molecule has 0 unspecified atom stereocenters. The number of thioether (sulfide) groups is 1. The van der Waals surface area contributed by atoms with Gasteiger partial charge in [0.2, 0.25) is 5.91 Å². The van der Waals surface area contributed by atoms with E-state index in [2.05, 4.69) is 39.0 Å². The number of aromatic nitrogens is 3. The molecular weight excluding hydrogens is 605 g/mol. The van der Waals surface area contributed by atoms with Crippen LogP contribution in [0.1, 0.15) is 36.5 Å². The standard InChI is InChI=1S/C32H29F3N6O3S/c1-20(2)26-14-9-21(3)16-27(26)41-28(42)18-45-31(41)38-30(43)36-15-5-7-22-6-4-8-23(17-22)29-37-19-40(39-29)24-10-12-25(13-11-24)44-32(33,34)35/h4-14,16-17,19-20H,15,18H2,1-3H3,(H,36,43)/b7-5+,38-31?. The average molecular weight is 635 g/mol. The molecule has 9 nitrogen and oxygen atoms in total. The zero-order valence-corrected chi connectivity index (χ0v) is 25.4. The number of rotatable bonds is 8. The van der Waals surface area contributed by atoms with Gasteiger partial charge in [0, 0.05) is 12.1 Å². The van der Waals surface area contributed by atoms with Crippen molar-refractivity contribution in [1.82, 2.24) is 20.1 Å². The van der Waals surface area contributed by atoms with Crippen molar-refractivity contribution in [2.45, 2.75) is 33.1 Å². The van der Waals surface area contributed by atoms with Crippen molar-refractivity contribution in [2.75, 3.05) is 17.2 Å². The van der Waals surface area contributed by atoms with Crippen molar-refractivity contribution in [2.24, 2.45) is 4.99 Å². The number of aliphatic imine (C=N–C) groups is 1. The normalized spacial score (nSPS) is 14.6. The Morgan fingerprint density at radius 1 is 1.13 bits per heavy atom. The maximum atomic E-state index is 12.8. The maximum absolute atomic E-state index is 12.8. The lowest BCUT2D eigenvalue weighted by Crippen LogP contribution is -2.32. The number of halogens is 3. The Bertz CT molecular complexity index is 1770. The predicted molar refractivity (Wildman–Crippen MR) is 169 cm³/mol. The Morgan fingerprint density at radius 2 is 1.91 bits per heavy atom. The molecule has 1 aliphatic heterocycles. The molecular formula is C32H29F3N6O3S. The van der Waals surface area contributed by atoms with Crippen molar-refractivity contribution in [3.63, 3.8) is 0 Å². The number of nitrogens with one attached hydrogen (secondary N) is 1. The van der Waals surface area contributed by atoms with Gasteiger partial charge in [0.1, 0.15) is 12.1 Å². The van der Waals surface area contributed by atoms with E-state index >= 15 is 0 Å². The lowest BCUT2D eigenvalue weighted by molar-refractivity contribution is -0.274. The molecule has 1 saturated heterocycles. The largest absolute Gasteiger partial charge is 0.573 e. The summed E-state index contributed by atoms with van der Waals surface area (Å²) < 4.78 is 42.6. The molecule has 3 aromatic carbocycles. The number of hydrogen-bond acceptors (Lipinski definition) is 6. The van der Waals surface area contributed by atoms with E-state index < -0.39 is 12.4 Å². The molecule has 2 heterocycles. The highest BCUT2D eigenvalue weighted by Crippen LogP contribution is 2.34. The molecule has 1 aliphatic rings. The van der Waals surface area contributed by atoms with Gasteiger partial charge in [0.05, 0.1) is 17.1 Å². The van der Waals surface area contributed by atoms with E-state index in [9.17, 15) is 22.8 Å². The molecule has 0 atom stereocenters. The summed E-state index contributed by atoms with van der Waals surface area (Å²) in [5.41, 5.74) is 4.84.